The van der Waals surface area contributed by atoms with Crippen molar-refractivity contribution in [2.24, 2.45) is 0 Å². The molecule has 0 radical (unpaired) electrons. The van der Waals surface area contributed by atoms with Gasteiger partial charge in [-0.3, -0.25) is 24.4 Å². The van der Waals surface area contributed by atoms with E-state index < -0.39 is 22.3 Å². The molecule has 1 aromatic rings. The summed E-state index contributed by atoms with van der Waals surface area (Å²) in [6, 6.07) is 0. The summed E-state index contributed by atoms with van der Waals surface area (Å²) in [5, 5.41) is 25.5. The van der Waals surface area contributed by atoms with Crippen molar-refractivity contribution in [3.63, 3.8) is 0 Å². The molecule has 0 aliphatic rings. The SMILES string of the molecule is CC(C)(CCC(=O)O)NC(=O)Cn1cc([N+](=O)[O-])cn1. The third-order valence-corrected chi connectivity index (χ3v) is 2.58. The standard InChI is InChI=1S/C11H16N4O5/c1-11(2,4-3-10(17)18)13-9(16)7-14-6-8(5-12-14)15(19)20/h5-6H,3-4,7H2,1-2H3,(H,13,16)(H,17,18). The van der Waals surface area contributed by atoms with Gasteiger partial charge in [0.15, 0.2) is 0 Å². The highest BCUT2D eigenvalue weighted by atomic mass is 16.6. The monoisotopic (exact) mass is 284 g/mol. The van der Waals surface area contributed by atoms with Crippen molar-refractivity contribution in [3.05, 3.63) is 22.5 Å². The molecule has 0 saturated heterocycles. The summed E-state index contributed by atoms with van der Waals surface area (Å²) in [4.78, 5) is 32.1. The van der Waals surface area contributed by atoms with Crippen LogP contribution in [0.25, 0.3) is 0 Å². The van der Waals surface area contributed by atoms with E-state index in [9.17, 15) is 19.7 Å². The lowest BCUT2D eigenvalue weighted by atomic mass is 9.98. The third-order valence-electron chi connectivity index (χ3n) is 2.58. The lowest BCUT2D eigenvalue weighted by Crippen LogP contribution is -2.45. The van der Waals surface area contributed by atoms with Crippen LogP contribution in [0.4, 0.5) is 5.69 Å². The molecular weight excluding hydrogens is 268 g/mol. The van der Waals surface area contributed by atoms with Crippen molar-refractivity contribution in [3.8, 4) is 0 Å². The minimum Gasteiger partial charge on any atom is -0.481 e. The summed E-state index contributed by atoms with van der Waals surface area (Å²) in [7, 11) is 0. The zero-order valence-electron chi connectivity index (χ0n) is 11.2. The van der Waals surface area contributed by atoms with Gasteiger partial charge in [-0.25, -0.2) is 0 Å². The Hall–Kier alpha value is -2.45. The van der Waals surface area contributed by atoms with Crippen molar-refractivity contribution in [1.29, 1.82) is 0 Å². The zero-order chi connectivity index (χ0) is 15.3. The Morgan fingerprint density at radius 1 is 1.55 bits per heavy atom. The maximum Gasteiger partial charge on any atom is 0.307 e. The molecule has 9 heteroatoms. The summed E-state index contributed by atoms with van der Waals surface area (Å²) in [5.41, 5.74) is -0.864. The van der Waals surface area contributed by atoms with Gasteiger partial charge in [0.05, 0.1) is 4.92 Å². The van der Waals surface area contributed by atoms with Crippen LogP contribution in [-0.4, -0.2) is 37.2 Å². The van der Waals surface area contributed by atoms with Gasteiger partial charge in [-0.05, 0) is 20.3 Å². The Labute approximate surface area is 114 Å². The third kappa shape index (κ3) is 5.04. The number of aliphatic carboxylic acids is 1. The number of rotatable bonds is 7. The lowest BCUT2D eigenvalue weighted by Gasteiger charge is -2.25. The number of nitrogens with zero attached hydrogens (tertiary/aromatic N) is 3. The van der Waals surface area contributed by atoms with E-state index in [4.69, 9.17) is 5.11 Å². The topological polar surface area (TPSA) is 127 Å². The molecule has 0 fully saturated rings. The maximum atomic E-state index is 11.8. The number of amides is 1. The average Bonchev–Trinajstić information content (AvgIpc) is 2.74. The Morgan fingerprint density at radius 3 is 2.70 bits per heavy atom. The number of carboxylic acid groups (broad SMARTS) is 1. The van der Waals surface area contributed by atoms with Gasteiger partial charge in [0.25, 0.3) is 0 Å². The molecular formula is C11H16N4O5. The Bertz CT molecular complexity index is 523. The molecule has 0 unspecified atom stereocenters. The molecule has 20 heavy (non-hydrogen) atoms. The summed E-state index contributed by atoms with van der Waals surface area (Å²) in [5.74, 6) is -1.33. The Balaban J connectivity index is 2.53. The summed E-state index contributed by atoms with van der Waals surface area (Å²) < 4.78 is 1.15. The quantitative estimate of drug-likeness (QED) is 0.556. The first-order chi connectivity index (χ1) is 9.19. The number of nitro groups is 1. The van der Waals surface area contributed by atoms with Crippen molar-refractivity contribution in [1.82, 2.24) is 15.1 Å². The Kier molecular flexibility index (Phi) is 4.78. The molecule has 0 spiro atoms. The molecule has 9 nitrogen and oxygen atoms in total. The van der Waals surface area contributed by atoms with Gasteiger partial charge < -0.3 is 10.4 Å². The first kappa shape index (κ1) is 15.6. The first-order valence-electron chi connectivity index (χ1n) is 5.89. The molecule has 0 atom stereocenters. The molecule has 110 valence electrons. The molecule has 2 N–H and O–H groups in total. The molecule has 0 saturated carbocycles. The van der Waals surface area contributed by atoms with E-state index in [0.29, 0.717) is 0 Å². The average molecular weight is 284 g/mol. The van der Waals surface area contributed by atoms with Gasteiger partial charge in [0.2, 0.25) is 5.91 Å². The molecule has 1 rings (SSSR count). The number of aromatic nitrogens is 2. The number of carboxylic acids is 1. The second kappa shape index (κ2) is 6.13. The summed E-state index contributed by atoms with van der Waals surface area (Å²) >= 11 is 0. The first-order valence-corrected chi connectivity index (χ1v) is 5.89. The van der Waals surface area contributed by atoms with Gasteiger partial charge in [-0.2, -0.15) is 5.10 Å². The van der Waals surface area contributed by atoms with E-state index in [0.717, 1.165) is 17.1 Å². The van der Waals surface area contributed by atoms with Crippen LogP contribution in [0.2, 0.25) is 0 Å². The van der Waals surface area contributed by atoms with Gasteiger partial charge in [-0.1, -0.05) is 0 Å². The van der Waals surface area contributed by atoms with E-state index >= 15 is 0 Å². The van der Waals surface area contributed by atoms with Crippen LogP contribution in [0.15, 0.2) is 12.4 Å². The predicted octanol–water partition coefficient (Wildman–Crippen LogP) is 0.551. The van der Waals surface area contributed by atoms with Crippen LogP contribution < -0.4 is 5.32 Å². The largest absolute Gasteiger partial charge is 0.481 e. The minimum absolute atomic E-state index is 0.0550. The number of nitrogens with one attached hydrogen (secondary N) is 1. The number of hydrogen-bond acceptors (Lipinski definition) is 5. The highest BCUT2D eigenvalue weighted by molar-refractivity contribution is 5.76. The molecule has 0 aliphatic heterocycles. The van der Waals surface area contributed by atoms with E-state index in [1.165, 1.54) is 0 Å². The van der Waals surface area contributed by atoms with E-state index in [-0.39, 0.29) is 25.1 Å². The van der Waals surface area contributed by atoms with Gasteiger partial charge in [0.1, 0.15) is 18.9 Å². The van der Waals surface area contributed by atoms with E-state index in [1.807, 2.05) is 0 Å². The fraction of sp³-hybridized carbons (Fsp3) is 0.545. The van der Waals surface area contributed by atoms with E-state index in [1.54, 1.807) is 13.8 Å². The molecule has 1 amide bonds. The van der Waals surface area contributed by atoms with Crippen molar-refractivity contribution in [2.45, 2.75) is 38.8 Å². The van der Waals surface area contributed by atoms with Crippen LogP contribution in [0, 0.1) is 10.1 Å². The van der Waals surface area contributed by atoms with Crippen molar-refractivity contribution in [2.75, 3.05) is 0 Å². The fourth-order valence-corrected chi connectivity index (χ4v) is 1.58. The normalized spacial score (nSPS) is 11.1. The minimum atomic E-state index is -0.935. The number of hydrogen-bond donors (Lipinski definition) is 2. The number of carbonyl (C=O) groups is 2. The van der Waals surface area contributed by atoms with Crippen LogP contribution in [0.5, 0.6) is 0 Å². The molecule has 1 aromatic heterocycles. The molecule has 0 bridgehead atoms. The molecule has 1 heterocycles. The second-order valence-electron chi connectivity index (χ2n) is 4.98. The zero-order valence-corrected chi connectivity index (χ0v) is 11.2. The lowest BCUT2D eigenvalue weighted by molar-refractivity contribution is -0.385. The number of carbonyl (C=O) groups excluding carboxylic acids is 1. The van der Waals surface area contributed by atoms with E-state index in [2.05, 4.69) is 10.4 Å². The second-order valence-corrected chi connectivity index (χ2v) is 4.98. The smallest absolute Gasteiger partial charge is 0.307 e. The van der Waals surface area contributed by atoms with Crippen LogP contribution in [0.3, 0.4) is 0 Å². The molecule has 0 aliphatic carbocycles. The molecule has 0 aromatic carbocycles. The maximum absolute atomic E-state index is 11.8. The van der Waals surface area contributed by atoms with Crippen molar-refractivity contribution >= 4 is 17.6 Å². The predicted molar refractivity (Wildman–Crippen MR) is 68.0 cm³/mol. The van der Waals surface area contributed by atoms with Gasteiger partial charge in [0, 0.05) is 12.0 Å². The Morgan fingerprint density at radius 2 is 2.20 bits per heavy atom. The summed E-state index contributed by atoms with van der Waals surface area (Å²) in [6.07, 6.45) is 2.44. The fourth-order valence-electron chi connectivity index (χ4n) is 1.58. The highest BCUT2D eigenvalue weighted by Crippen LogP contribution is 2.12. The van der Waals surface area contributed by atoms with Gasteiger partial charge >= 0.3 is 11.7 Å². The van der Waals surface area contributed by atoms with Crippen LogP contribution >= 0.6 is 0 Å². The summed E-state index contributed by atoms with van der Waals surface area (Å²) in [6.45, 7) is 3.25. The highest BCUT2D eigenvalue weighted by Gasteiger charge is 2.22. The van der Waals surface area contributed by atoms with Crippen LogP contribution in [-0.2, 0) is 16.1 Å². The van der Waals surface area contributed by atoms with Crippen molar-refractivity contribution < 1.29 is 19.6 Å². The van der Waals surface area contributed by atoms with Crippen LogP contribution in [0.1, 0.15) is 26.7 Å². The van der Waals surface area contributed by atoms with Gasteiger partial charge in [-0.15, -0.1) is 0 Å².